The molecule has 4 heteroatoms. The summed E-state index contributed by atoms with van der Waals surface area (Å²) in [4.78, 5) is 0. The molecule has 19 heavy (non-hydrogen) atoms. The SMILES string of the molecule is CCCCCCCCNCc1c(Cl)cccc1Cl.Cl. The highest BCUT2D eigenvalue weighted by molar-refractivity contribution is 6.35. The predicted molar refractivity (Wildman–Crippen MR) is 88.8 cm³/mol. The summed E-state index contributed by atoms with van der Waals surface area (Å²) in [6.07, 6.45) is 7.93. The summed E-state index contributed by atoms with van der Waals surface area (Å²) in [6.45, 7) is 4.04. The molecular formula is C15H24Cl3N. The molecule has 0 atom stereocenters. The second-order valence-corrected chi connectivity index (χ2v) is 5.46. The third-order valence-corrected chi connectivity index (χ3v) is 3.78. The van der Waals surface area contributed by atoms with Crippen LogP contribution in [0.5, 0.6) is 0 Å². The third kappa shape index (κ3) is 8.04. The summed E-state index contributed by atoms with van der Waals surface area (Å²) in [7, 11) is 0. The van der Waals surface area contributed by atoms with Gasteiger partial charge in [-0.05, 0) is 25.1 Å². The lowest BCUT2D eigenvalue weighted by Gasteiger charge is -2.08. The molecular weight excluding hydrogens is 301 g/mol. The zero-order chi connectivity index (χ0) is 13.2. The van der Waals surface area contributed by atoms with Gasteiger partial charge in [0.1, 0.15) is 0 Å². The van der Waals surface area contributed by atoms with Gasteiger partial charge in [0.05, 0.1) is 0 Å². The molecule has 0 spiro atoms. The Balaban J connectivity index is 0.00000324. The van der Waals surface area contributed by atoms with E-state index in [1.807, 2.05) is 18.2 Å². The molecule has 0 aliphatic carbocycles. The van der Waals surface area contributed by atoms with Crippen molar-refractivity contribution in [1.29, 1.82) is 0 Å². The monoisotopic (exact) mass is 323 g/mol. The summed E-state index contributed by atoms with van der Waals surface area (Å²) in [5.74, 6) is 0. The minimum atomic E-state index is 0. The number of halogens is 3. The average molecular weight is 325 g/mol. The van der Waals surface area contributed by atoms with E-state index in [-0.39, 0.29) is 12.4 Å². The van der Waals surface area contributed by atoms with Crippen LogP contribution in [0.3, 0.4) is 0 Å². The van der Waals surface area contributed by atoms with Crippen molar-refractivity contribution in [1.82, 2.24) is 5.32 Å². The molecule has 0 heterocycles. The van der Waals surface area contributed by atoms with E-state index in [1.54, 1.807) is 0 Å². The van der Waals surface area contributed by atoms with E-state index >= 15 is 0 Å². The maximum Gasteiger partial charge on any atom is 0.0465 e. The molecule has 0 saturated heterocycles. The van der Waals surface area contributed by atoms with Crippen LogP contribution < -0.4 is 5.32 Å². The third-order valence-electron chi connectivity index (χ3n) is 3.07. The highest BCUT2D eigenvalue weighted by Crippen LogP contribution is 2.23. The Morgan fingerprint density at radius 2 is 1.53 bits per heavy atom. The normalized spacial score (nSPS) is 10.3. The maximum absolute atomic E-state index is 6.10. The molecule has 1 nitrogen and oxygen atoms in total. The molecule has 0 saturated carbocycles. The minimum Gasteiger partial charge on any atom is -0.313 e. The lowest BCUT2D eigenvalue weighted by molar-refractivity contribution is 0.572. The van der Waals surface area contributed by atoms with Crippen LogP contribution in [0.25, 0.3) is 0 Å². The summed E-state index contributed by atoms with van der Waals surface area (Å²) in [6, 6.07) is 5.65. The van der Waals surface area contributed by atoms with Crippen LogP contribution in [0, 0.1) is 0 Å². The maximum atomic E-state index is 6.10. The molecule has 1 aromatic carbocycles. The lowest BCUT2D eigenvalue weighted by Crippen LogP contribution is -2.15. The first-order valence-electron chi connectivity index (χ1n) is 6.89. The number of unbranched alkanes of at least 4 members (excludes halogenated alkanes) is 5. The molecule has 0 fully saturated rings. The first-order valence-corrected chi connectivity index (χ1v) is 7.65. The van der Waals surface area contributed by atoms with Crippen molar-refractivity contribution < 1.29 is 0 Å². The lowest BCUT2D eigenvalue weighted by atomic mass is 10.1. The number of nitrogens with one attached hydrogen (secondary N) is 1. The van der Waals surface area contributed by atoms with Gasteiger partial charge in [-0.2, -0.15) is 0 Å². The van der Waals surface area contributed by atoms with E-state index in [4.69, 9.17) is 23.2 Å². The van der Waals surface area contributed by atoms with Crippen LogP contribution >= 0.6 is 35.6 Å². The largest absolute Gasteiger partial charge is 0.313 e. The molecule has 0 radical (unpaired) electrons. The summed E-state index contributed by atoms with van der Waals surface area (Å²) >= 11 is 12.2. The Labute approximate surface area is 133 Å². The molecule has 0 aliphatic heterocycles. The van der Waals surface area contributed by atoms with Crippen LogP contribution in [0.2, 0.25) is 10.0 Å². The zero-order valence-corrected chi connectivity index (χ0v) is 13.9. The van der Waals surface area contributed by atoms with E-state index in [9.17, 15) is 0 Å². The summed E-state index contributed by atoms with van der Waals surface area (Å²) < 4.78 is 0. The first kappa shape index (κ1) is 19.1. The van der Waals surface area contributed by atoms with Gasteiger partial charge in [-0.25, -0.2) is 0 Å². The van der Waals surface area contributed by atoms with Gasteiger partial charge in [0.15, 0.2) is 0 Å². The van der Waals surface area contributed by atoms with Gasteiger partial charge in [-0.1, -0.05) is 68.3 Å². The number of benzene rings is 1. The van der Waals surface area contributed by atoms with Gasteiger partial charge in [0.2, 0.25) is 0 Å². The second kappa shape index (κ2) is 11.8. The Bertz CT molecular complexity index is 322. The van der Waals surface area contributed by atoms with Crippen molar-refractivity contribution in [2.75, 3.05) is 6.54 Å². The highest BCUT2D eigenvalue weighted by atomic mass is 35.5. The highest BCUT2D eigenvalue weighted by Gasteiger charge is 2.03. The van der Waals surface area contributed by atoms with Crippen LogP contribution in [0.1, 0.15) is 51.0 Å². The predicted octanol–water partition coefficient (Wildman–Crippen LogP) is 5.87. The van der Waals surface area contributed by atoms with Gasteiger partial charge in [0, 0.05) is 22.2 Å². The van der Waals surface area contributed by atoms with E-state index < -0.39 is 0 Å². The van der Waals surface area contributed by atoms with Gasteiger partial charge < -0.3 is 5.32 Å². The quantitative estimate of drug-likeness (QED) is 0.560. The van der Waals surface area contributed by atoms with Crippen molar-refractivity contribution in [3.05, 3.63) is 33.8 Å². The zero-order valence-electron chi connectivity index (χ0n) is 11.6. The van der Waals surface area contributed by atoms with Crippen molar-refractivity contribution in [2.45, 2.75) is 52.0 Å². The average Bonchev–Trinajstić information content (AvgIpc) is 2.35. The van der Waals surface area contributed by atoms with Crippen LogP contribution in [-0.4, -0.2) is 6.54 Å². The van der Waals surface area contributed by atoms with Crippen LogP contribution in [0.15, 0.2) is 18.2 Å². The Morgan fingerprint density at radius 3 is 2.16 bits per heavy atom. The second-order valence-electron chi connectivity index (χ2n) is 4.64. The summed E-state index contributed by atoms with van der Waals surface area (Å²) in [5, 5.41) is 4.90. The Hall–Kier alpha value is 0.0500. The molecule has 0 unspecified atom stereocenters. The standard InChI is InChI=1S/C15H23Cl2N.ClH/c1-2-3-4-5-6-7-11-18-12-13-14(16)9-8-10-15(13)17;/h8-10,18H,2-7,11-12H2,1H3;1H. The first-order chi connectivity index (χ1) is 8.75. The summed E-state index contributed by atoms with van der Waals surface area (Å²) in [5.41, 5.74) is 1.01. The molecule has 0 amide bonds. The fourth-order valence-corrected chi connectivity index (χ4v) is 2.48. The van der Waals surface area contributed by atoms with Gasteiger partial charge >= 0.3 is 0 Å². The molecule has 110 valence electrons. The smallest absolute Gasteiger partial charge is 0.0465 e. The van der Waals surface area contributed by atoms with Crippen molar-refractivity contribution in [3.63, 3.8) is 0 Å². The molecule has 0 aliphatic rings. The minimum absolute atomic E-state index is 0. The van der Waals surface area contributed by atoms with E-state index in [2.05, 4.69) is 12.2 Å². The topological polar surface area (TPSA) is 12.0 Å². The van der Waals surface area contributed by atoms with Crippen LogP contribution in [0.4, 0.5) is 0 Å². The fraction of sp³-hybridized carbons (Fsp3) is 0.600. The van der Waals surface area contributed by atoms with Crippen molar-refractivity contribution in [2.24, 2.45) is 0 Å². The van der Waals surface area contributed by atoms with Crippen molar-refractivity contribution in [3.8, 4) is 0 Å². The Morgan fingerprint density at radius 1 is 0.947 bits per heavy atom. The van der Waals surface area contributed by atoms with E-state index in [1.165, 1.54) is 38.5 Å². The number of hydrogen-bond donors (Lipinski definition) is 1. The fourth-order valence-electron chi connectivity index (χ4n) is 1.94. The molecule has 1 N–H and O–H groups in total. The Kier molecular flexibility index (Phi) is 11.9. The van der Waals surface area contributed by atoms with E-state index in [0.717, 1.165) is 28.7 Å². The number of rotatable bonds is 9. The van der Waals surface area contributed by atoms with Crippen LogP contribution in [-0.2, 0) is 6.54 Å². The van der Waals surface area contributed by atoms with Crippen molar-refractivity contribution >= 4 is 35.6 Å². The molecule has 0 aromatic heterocycles. The molecule has 1 rings (SSSR count). The molecule has 1 aromatic rings. The number of hydrogen-bond acceptors (Lipinski definition) is 1. The van der Waals surface area contributed by atoms with Gasteiger partial charge in [-0.15, -0.1) is 12.4 Å². The van der Waals surface area contributed by atoms with E-state index in [0.29, 0.717) is 0 Å². The van der Waals surface area contributed by atoms with Gasteiger partial charge in [-0.3, -0.25) is 0 Å². The molecule has 0 bridgehead atoms. The van der Waals surface area contributed by atoms with Gasteiger partial charge in [0.25, 0.3) is 0 Å².